The van der Waals surface area contributed by atoms with Crippen LogP contribution in [-0.2, 0) is 11.2 Å². The molecule has 2 aromatic carbocycles. The first-order valence-corrected chi connectivity index (χ1v) is 11.2. The highest BCUT2D eigenvalue weighted by Gasteiger charge is 2.23. The van der Waals surface area contributed by atoms with Gasteiger partial charge in [0.15, 0.2) is 0 Å². The number of nitrogens with zero attached hydrogens (tertiary/aromatic N) is 6. The smallest absolute Gasteiger partial charge is 0.269 e. The Balaban J connectivity index is 1.27. The van der Waals surface area contributed by atoms with E-state index in [4.69, 9.17) is 0 Å². The zero-order valence-electron chi connectivity index (χ0n) is 18.1. The Hall–Kier alpha value is -3.60. The number of hydrogen-bond acceptors (Lipinski definition) is 8. The predicted octanol–water partition coefficient (Wildman–Crippen LogP) is 2.96. The van der Waals surface area contributed by atoms with Crippen LogP contribution in [0, 0.1) is 15.9 Å². The highest BCUT2D eigenvalue weighted by molar-refractivity contribution is 7.09. The van der Waals surface area contributed by atoms with Gasteiger partial charge in [0.2, 0.25) is 11.0 Å². The van der Waals surface area contributed by atoms with Gasteiger partial charge in [0.25, 0.3) is 5.69 Å². The van der Waals surface area contributed by atoms with Gasteiger partial charge in [-0.05, 0) is 29.8 Å². The molecule has 0 saturated carbocycles. The highest BCUT2D eigenvalue weighted by Crippen LogP contribution is 2.21. The normalized spacial score (nSPS) is 13.8. The molecule has 0 aliphatic carbocycles. The van der Waals surface area contributed by atoms with E-state index in [1.807, 2.05) is 11.9 Å². The van der Waals surface area contributed by atoms with Crippen molar-refractivity contribution in [2.75, 3.05) is 49.6 Å². The molecule has 2 heterocycles. The Morgan fingerprint density at radius 2 is 1.79 bits per heavy atom. The van der Waals surface area contributed by atoms with E-state index in [9.17, 15) is 19.3 Å². The molecular formula is C22H23FN6O3S. The summed E-state index contributed by atoms with van der Waals surface area (Å²) in [6, 6.07) is 12.7. The van der Waals surface area contributed by atoms with Crippen LogP contribution in [0.3, 0.4) is 0 Å². The van der Waals surface area contributed by atoms with Gasteiger partial charge in [-0.3, -0.25) is 14.9 Å². The van der Waals surface area contributed by atoms with Crippen molar-refractivity contribution in [1.29, 1.82) is 0 Å². The summed E-state index contributed by atoms with van der Waals surface area (Å²) in [7, 11) is 1.81. The second kappa shape index (κ2) is 9.90. The Labute approximate surface area is 194 Å². The average Bonchev–Trinajstić information content (AvgIpc) is 3.29. The van der Waals surface area contributed by atoms with Gasteiger partial charge < -0.3 is 14.7 Å². The molecule has 0 spiro atoms. The number of rotatable bonds is 7. The lowest BCUT2D eigenvalue weighted by atomic mass is 10.1. The van der Waals surface area contributed by atoms with Gasteiger partial charge in [-0.1, -0.05) is 12.1 Å². The van der Waals surface area contributed by atoms with Gasteiger partial charge in [0, 0.05) is 69.0 Å². The van der Waals surface area contributed by atoms with Crippen LogP contribution in [0.1, 0.15) is 11.4 Å². The van der Waals surface area contributed by atoms with Gasteiger partial charge in [-0.25, -0.2) is 9.37 Å². The molecule has 1 aromatic heterocycles. The fourth-order valence-electron chi connectivity index (χ4n) is 3.63. The summed E-state index contributed by atoms with van der Waals surface area (Å²) >= 11 is 1.23. The lowest BCUT2D eigenvalue weighted by molar-refractivity contribution is -0.384. The van der Waals surface area contributed by atoms with Gasteiger partial charge in [0.05, 0.1) is 11.5 Å². The number of likely N-dealkylation sites (N-methyl/N-ethyl adjacent to an activating group) is 1. The van der Waals surface area contributed by atoms with Crippen LogP contribution in [0.4, 0.5) is 20.9 Å². The average molecular weight is 471 g/mol. The van der Waals surface area contributed by atoms with E-state index in [-0.39, 0.29) is 24.0 Å². The zero-order chi connectivity index (χ0) is 23.4. The fourth-order valence-corrected chi connectivity index (χ4v) is 4.27. The van der Waals surface area contributed by atoms with Crippen molar-refractivity contribution in [2.24, 2.45) is 0 Å². The first kappa shape index (κ1) is 22.6. The SMILES string of the molecule is CN(CC(=O)N1CCN(c2ccc([N+](=O)[O-])cc2)CC1)c1nc(Cc2ccc(F)cc2)ns1. The van der Waals surface area contributed by atoms with E-state index in [0.717, 1.165) is 11.3 Å². The molecule has 9 nitrogen and oxygen atoms in total. The van der Waals surface area contributed by atoms with E-state index in [1.165, 1.54) is 35.8 Å². The van der Waals surface area contributed by atoms with Crippen LogP contribution < -0.4 is 9.80 Å². The van der Waals surface area contributed by atoms with E-state index in [1.54, 1.807) is 29.2 Å². The minimum atomic E-state index is -0.416. The van der Waals surface area contributed by atoms with Crippen LogP contribution in [0.15, 0.2) is 48.5 Å². The monoisotopic (exact) mass is 470 g/mol. The topological polar surface area (TPSA) is 95.7 Å². The molecule has 33 heavy (non-hydrogen) atoms. The fraction of sp³-hybridized carbons (Fsp3) is 0.318. The number of hydrogen-bond donors (Lipinski definition) is 0. The molecule has 172 valence electrons. The molecule has 0 N–H and O–H groups in total. The second-order valence-electron chi connectivity index (χ2n) is 7.79. The van der Waals surface area contributed by atoms with Gasteiger partial charge in [-0.2, -0.15) is 4.37 Å². The minimum absolute atomic E-state index is 0.0103. The summed E-state index contributed by atoms with van der Waals surface area (Å²) in [6.45, 7) is 2.68. The highest BCUT2D eigenvalue weighted by atomic mass is 32.1. The first-order valence-electron chi connectivity index (χ1n) is 10.4. The van der Waals surface area contributed by atoms with E-state index in [0.29, 0.717) is 43.6 Å². The zero-order valence-corrected chi connectivity index (χ0v) is 18.9. The van der Waals surface area contributed by atoms with Crippen molar-refractivity contribution in [3.8, 4) is 0 Å². The summed E-state index contributed by atoms with van der Waals surface area (Å²) in [6.07, 6.45) is 0.503. The summed E-state index contributed by atoms with van der Waals surface area (Å²) < 4.78 is 17.4. The van der Waals surface area contributed by atoms with Gasteiger partial charge in [0.1, 0.15) is 11.6 Å². The lowest BCUT2D eigenvalue weighted by Gasteiger charge is -2.36. The summed E-state index contributed by atoms with van der Waals surface area (Å²) in [5.41, 5.74) is 1.89. The van der Waals surface area contributed by atoms with Crippen molar-refractivity contribution >= 4 is 33.9 Å². The first-order chi connectivity index (χ1) is 15.9. The molecule has 3 aromatic rings. The number of amides is 1. The molecule has 1 saturated heterocycles. The van der Waals surface area contributed by atoms with E-state index in [2.05, 4.69) is 14.3 Å². The molecule has 0 unspecified atom stereocenters. The predicted molar refractivity (Wildman–Crippen MR) is 124 cm³/mol. The summed E-state index contributed by atoms with van der Waals surface area (Å²) in [4.78, 5) is 33.4. The van der Waals surface area contributed by atoms with Crippen molar-refractivity contribution in [3.63, 3.8) is 0 Å². The summed E-state index contributed by atoms with van der Waals surface area (Å²) in [5, 5.41) is 11.5. The van der Waals surface area contributed by atoms with E-state index >= 15 is 0 Å². The van der Waals surface area contributed by atoms with Crippen molar-refractivity contribution < 1.29 is 14.1 Å². The van der Waals surface area contributed by atoms with Crippen molar-refractivity contribution in [1.82, 2.24) is 14.3 Å². The Kier molecular flexibility index (Phi) is 6.78. The molecule has 1 aliphatic heterocycles. The van der Waals surface area contributed by atoms with Crippen LogP contribution in [0.2, 0.25) is 0 Å². The lowest BCUT2D eigenvalue weighted by Crippen LogP contribution is -2.51. The van der Waals surface area contributed by atoms with Gasteiger partial charge >= 0.3 is 0 Å². The van der Waals surface area contributed by atoms with Crippen molar-refractivity contribution in [2.45, 2.75) is 6.42 Å². The third-order valence-corrected chi connectivity index (χ3v) is 6.36. The molecule has 4 rings (SSSR count). The quantitative estimate of drug-likeness (QED) is 0.387. The van der Waals surface area contributed by atoms with E-state index < -0.39 is 4.92 Å². The molecule has 0 radical (unpaired) electrons. The number of anilines is 2. The number of carbonyl (C=O) groups excluding carboxylic acids is 1. The maximum Gasteiger partial charge on any atom is 0.269 e. The number of benzene rings is 2. The number of nitro groups is 1. The molecule has 11 heteroatoms. The maximum absolute atomic E-state index is 13.1. The second-order valence-corrected chi connectivity index (χ2v) is 8.52. The number of halogens is 1. The molecule has 0 bridgehead atoms. The molecular weight excluding hydrogens is 447 g/mol. The standard InChI is InChI=1S/C22H23FN6O3S/c1-26(22-24-20(25-33-22)14-16-2-4-17(23)5-3-16)15-21(30)28-12-10-27(11-13-28)18-6-8-19(9-7-18)29(31)32/h2-9H,10-15H2,1H3. The van der Waals surface area contributed by atoms with Crippen LogP contribution in [0.5, 0.6) is 0 Å². The number of piperazine rings is 1. The maximum atomic E-state index is 13.1. The molecule has 1 fully saturated rings. The number of aromatic nitrogens is 2. The molecule has 0 atom stereocenters. The Morgan fingerprint density at radius 1 is 1.12 bits per heavy atom. The van der Waals surface area contributed by atoms with Crippen LogP contribution >= 0.6 is 11.5 Å². The molecule has 1 amide bonds. The minimum Gasteiger partial charge on any atom is -0.368 e. The van der Waals surface area contributed by atoms with Crippen LogP contribution in [0.25, 0.3) is 0 Å². The Bertz CT molecular complexity index is 1110. The van der Waals surface area contributed by atoms with Crippen LogP contribution in [-0.4, -0.2) is 64.9 Å². The Morgan fingerprint density at radius 3 is 2.42 bits per heavy atom. The van der Waals surface area contributed by atoms with Crippen molar-refractivity contribution in [3.05, 3.63) is 75.9 Å². The number of nitro benzene ring substituents is 1. The van der Waals surface area contributed by atoms with Gasteiger partial charge in [-0.15, -0.1) is 0 Å². The largest absolute Gasteiger partial charge is 0.368 e. The molecule has 1 aliphatic rings. The third kappa shape index (κ3) is 5.61. The number of non-ortho nitro benzene ring substituents is 1. The number of carbonyl (C=O) groups is 1. The summed E-state index contributed by atoms with van der Waals surface area (Å²) in [5.74, 6) is 0.367. The third-order valence-electron chi connectivity index (χ3n) is 5.49.